The first kappa shape index (κ1) is 14.1. The number of amides is 1. The van der Waals surface area contributed by atoms with E-state index in [0.29, 0.717) is 0 Å². The van der Waals surface area contributed by atoms with Crippen LogP contribution in [0.15, 0.2) is 0 Å². The average Bonchev–Trinajstić information content (AvgIpc) is 2.22. The number of rotatable bonds is 6. The first-order valence-corrected chi connectivity index (χ1v) is 5.45. The summed E-state index contributed by atoms with van der Waals surface area (Å²) in [5.41, 5.74) is 5.68. The van der Waals surface area contributed by atoms with Crippen LogP contribution in [0.1, 0.15) is 34.1 Å². The molecular formula is C11H22N2O2. The molecule has 1 amide bonds. The lowest BCUT2D eigenvalue weighted by atomic mass is 9.98. The Labute approximate surface area is 91.6 Å². The Kier molecular flexibility index (Phi) is 6.17. The molecule has 0 aromatic heterocycles. The summed E-state index contributed by atoms with van der Waals surface area (Å²) in [5, 5.41) is 2.67. The molecule has 3 N–H and O–H groups in total. The van der Waals surface area contributed by atoms with E-state index in [4.69, 9.17) is 5.73 Å². The van der Waals surface area contributed by atoms with E-state index >= 15 is 0 Å². The molecule has 0 radical (unpaired) electrons. The number of carbonyl (C=O) groups is 2. The summed E-state index contributed by atoms with van der Waals surface area (Å²) >= 11 is 0. The fourth-order valence-corrected chi connectivity index (χ4v) is 1.13. The lowest BCUT2D eigenvalue weighted by Crippen LogP contribution is -2.50. The van der Waals surface area contributed by atoms with Gasteiger partial charge in [0.15, 0.2) is 0 Å². The van der Waals surface area contributed by atoms with E-state index in [9.17, 15) is 9.59 Å². The van der Waals surface area contributed by atoms with Crippen LogP contribution in [0, 0.1) is 11.8 Å². The molecule has 4 nitrogen and oxygen atoms in total. The van der Waals surface area contributed by atoms with E-state index in [1.54, 1.807) is 0 Å². The molecule has 0 fully saturated rings. The molecule has 15 heavy (non-hydrogen) atoms. The van der Waals surface area contributed by atoms with Gasteiger partial charge in [-0.25, -0.2) is 0 Å². The Balaban J connectivity index is 4.30. The summed E-state index contributed by atoms with van der Waals surface area (Å²) in [5.74, 6) is -0.0255. The number of carbonyl (C=O) groups excluding carboxylic acids is 2. The Hall–Kier alpha value is -0.900. The van der Waals surface area contributed by atoms with E-state index in [-0.39, 0.29) is 17.7 Å². The standard InChI is InChI=1S/C11H22N2O2/c1-5-8(4)9(6-14)13-11(15)10(12)7(2)3/h6-10H,5,12H2,1-4H3,(H,13,15)/t8-,9+,10-/m1/s1. The van der Waals surface area contributed by atoms with Gasteiger partial charge in [-0.1, -0.05) is 34.1 Å². The van der Waals surface area contributed by atoms with Crippen LogP contribution in [-0.2, 0) is 9.59 Å². The molecule has 88 valence electrons. The van der Waals surface area contributed by atoms with Crippen LogP contribution in [0.4, 0.5) is 0 Å². The van der Waals surface area contributed by atoms with Gasteiger partial charge in [0, 0.05) is 0 Å². The quantitative estimate of drug-likeness (QED) is 0.639. The zero-order valence-corrected chi connectivity index (χ0v) is 9.99. The fourth-order valence-electron chi connectivity index (χ4n) is 1.13. The van der Waals surface area contributed by atoms with Crippen molar-refractivity contribution in [3.63, 3.8) is 0 Å². The molecule has 0 bridgehead atoms. The van der Waals surface area contributed by atoms with E-state index in [1.807, 2.05) is 27.7 Å². The molecule has 0 aromatic carbocycles. The van der Waals surface area contributed by atoms with E-state index in [0.717, 1.165) is 12.7 Å². The first-order valence-electron chi connectivity index (χ1n) is 5.45. The molecular weight excluding hydrogens is 192 g/mol. The molecule has 0 aliphatic rings. The SMILES string of the molecule is CC[C@@H](C)[C@H](C=O)NC(=O)[C@H](N)C(C)C. The van der Waals surface area contributed by atoms with Crippen LogP contribution in [0.25, 0.3) is 0 Å². The summed E-state index contributed by atoms with van der Waals surface area (Å²) in [6.07, 6.45) is 1.62. The molecule has 0 aliphatic carbocycles. The van der Waals surface area contributed by atoms with E-state index in [2.05, 4.69) is 5.32 Å². The second-order valence-corrected chi connectivity index (χ2v) is 4.33. The Bertz CT molecular complexity index is 217. The van der Waals surface area contributed by atoms with Crippen LogP contribution >= 0.6 is 0 Å². The van der Waals surface area contributed by atoms with Crippen molar-refractivity contribution in [3.8, 4) is 0 Å². The highest BCUT2D eigenvalue weighted by Gasteiger charge is 2.22. The Morgan fingerprint density at radius 1 is 1.40 bits per heavy atom. The van der Waals surface area contributed by atoms with Crippen molar-refractivity contribution < 1.29 is 9.59 Å². The Morgan fingerprint density at radius 2 is 1.93 bits per heavy atom. The van der Waals surface area contributed by atoms with Gasteiger partial charge in [-0.3, -0.25) is 4.79 Å². The summed E-state index contributed by atoms with van der Waals surface area (Å²) in [4.78, 5) is 22.4. The molecule has 4 heteroatoms. The first-order chi connectivity index (χ1) is 6.93. The second kappa shape index (κ2) is 6.56. The number of nitrogens with two attached hydrogens (primary N) is 1. The maximum atomic E-state index is 11.6. The third kappa shape index (κ3) is 4.42. The van der Waals surface area contributed by atoms with Gasteiger partial charge in [0.25, 0.3) is 0 Å². The van der Waals surface area contributed by atoms with Crippen molar-refractivity contribution in [2.24, 2.45) is 17.6 Å². The minimum absolute atomic E-state index is 0.0780. The Morgan fingerprint density at radius 3 is 2.27 bits per heavy atom. The topological polar surface area (TPSA) is 72.2 Å². The average molecular weight is 214 g/mol. The predicted octanol–water partition coefficient (Wildman–Crippen LogP) is 0.700. The molecule has 0 saturated carbocycles. The highest BCUT2D eigenvalue weighted by atomic mass is 16.2. The van der Waals surface area contributed by atoms with Crippen molar-refractivity contribution in [2.45, 2.75) is 46.2 Å². The van der Waals surface area contributed by atoms with Gasteiger partial charge < -0.3 is 15.8 Å². The van der Waals surface area contributed by atoms with Crippen LogP contribution in [0.2, 0.25) is 0 Å². The van der Waals surface area contributed by atoms with Crippen molar-refractivity contribution in [3.05, 3.63) is 0 Å². The number of hydrogen-bond acceptors (Lipinski definition) is 3. The summed E-state index contributed by atoms with van der Waals surface area (Å²) in [7, 11) is 0. The maximum Gasteiger partial charge on any atom is 0.237 e. The van der Waals surface area contributed by atoms with E-state index < -0.39 is 12.1 Å². The predicted molar refractivity (Wildman–Crippen MR) is 60.3 cm³/mol. The molecule has 0 spiro atoms. The van der Waals surface area contributed by atoms with Crippen molar-refractivity contribution in [2.75, 3.05) is 0 Å². The van der Waals surface area contributed by atoms with Crippen LogP contribution in [0.3, 0.4) is 0 Å². The van der Waals surface area contributed by atoms with Gasteiger partial charge >= 0.3 is 0 Å². The molecule has 0 aliphatic heterocycles. The number of nitrogens with one attached hydrogen (secondary N) is 1. The molecule has 0 aromatic rings. The van der Waals surface area contributed by atoms with Gasteiger partial charge in [0.05, 0.1) is 12.1 Å². The molecule has 3 atom stereocenters. The van der Waals surface area contributed by atoms with Gasteiger partial charge in [-0.05, 0) is 11.8 Å². The summed E-state index contributed by atoms with van der Waals surface area (Å²) < 4.78 is 0. The summed E-state index contributed by atoms with van der Waals surface area (Å²) in [6, 6.07) is -0.969. The van der Waals surface area contributed by atoms with Crippen molar-refractivity contribution in [1.29, 1.82) is 0 Å². The third-order valence-corrected chi connectivity index (χ3v) is 2.73. The molecule has 0 rings (SSSR count). The van der Waals surface area contributed by atoms with Gasteiger partial charge in [0.2, 0.25) is 5.91 Å². The second-order valence-electron chi connectivity index (χ2n) is 4.33. The van der Waals surface area contributed by atoms with Gasteiger partial charge in [-0.15, -0.1) is 0 Å². The number of hydrogen-bond donors (Lipinski definition) is 2. The highest BCUT2D eigenvalue weighted by Crippen LogP contribution is 2.06. The normalized spacial score (nSPS) is 16.9. The minimum Gasteiger partial charge on any atom is -0.345 e. The van der Waals surface area contributed by atoms with Crippen LogP contribution in [-0.4, -0.2) is 24.3 Å². The maximum absolute atomic E-state index is 11.6. The lowest BCUT2D eigenvalue weighted by Gasteiger charge is -2.22. The van der Waals surface area contributed by atoms with E-state index in [1.165, 1.54) is 0 Å². The monoisotopic (exact) mass is 214 g/mol. The fraction of sp³-hybridized carbons (Fsp3) is 0.818. The molecule has 0 saturated heterocycles. The lowest BCUT2D eigenvalue weighted by molar-refractivity contribution is -0.126. The molecule has 0 unspecified atom stereocenters. The van der Waals surface area contributed by atoms with Crippen molar-refractivity contribution in [1.82, 2.24) is 5.32 Å². The van der Waals surface area contributed by atoms with Crippen LogP contribution in [0.5, 0.6) is 0 Å². The molecule has 0 heterocycles. The minimum atomic E-state index is -0.545. The smallest absolute Gasteiger partial charge is 0.237 e. The van der Waals surface area contributed by atoms with Crippen molar-refractivity contribution >= 4 is 12.2 Å². The number of aldehydes is 1. The zero-order valence-electron chi connectivity index (χ0n) is 9.99. The third-order valence-electron chi connectivity index (χ3n) is 2.73. The van der Waals surface area contributed by atoms with Crippen LogP contribution < -0.4 is 11.1 Å². The zero-order chi connectivity index (χ0) is 12.0. The van der Waals surface area contributed by atoms with Gasteiger partial charge in [0.1, 0.15) is 6.29 Å². The summed E-state index contributed by atoms with van der Waals surface area (Å²) in [6.45, 7) is 7.67. The highest BCUT2D eigenvalue weighted by molar-refractivity contribution is 5.84. The van der Waals surface area contributed by atoms with Gasteiger partial charge in [-0.2, -0.15) is 0 Å². The largest absolute Gasteiger partial charge is 0.345 e.